The number of carboxylic acids is 1. The highest BCUT2D eigenvalue weighted by molar-refractivity contribution is 6.33. The molecule has 0 radical (unpaired) electrons. The molecule has 1 aromatic heterocycles. The minimum atomic E-state index is -1.14. The van der Waals surface area contributed by atoms with Crippen LogP contribution in [0.4, 0.5) is 0 Å². The van der Waals surface area contributed by atoms with Gasteiger partial charge >= 0.3 is 5.97 Å². The molecule has 1 N–H and O–H groups in total. The molecule has 0 aliphatic carbocycles. The monoisotopic (exact) mass is 223 g/mol. The van der Waals surface area contributed by atoms with Gasteiger partial charge in [0, 0.05) is 5.56 Å². The number of oxazole rings is 1. The molecule has 4 nitrogen and oxygen atoms in total. The van der Waals surface area contributed by atoms with Gasteiger partial charge in [-0.05, 0) is 12.1 Å². The molecule has 0 bridgehead atoms. The average Bonchev–Trinajstić information content (AvgIpc) is 2.67. The van der Waals surface area contributed by atoms with Gasteiger partial charge in [-0.3, -0.25) is 0 Å². The van der Waals surface area contributed by atoms with Crippen LogP contribution in [0.2, 0.25) is 5.02 Å². The van der Waals surface area contributed by atoms with E-state index in [4.69, 9.17) is 21.1 Å². The van der Waals surface area contributed by atoms with Gasteiger partial charge in [-0.2, -0.15) is 0 Å². The number of hydrogen-bond donors (Lipinski definition) is 1. The smallest absolute Gasteiger partial charge is 0.358 e. The first-order chi connectivity index (χ1) is 7.20. The summed E-state index contributed by atoms with van der Waals surface area (Å²) in [5.41, 5.74) is 0.386. The van der Waals surface area contributed by atoms with Crippen LogP contribution in [0.15, 0.2) is 35.1 Å². The summed E-state index contributed by atoms with van der Waals surface area (Å²) in [6.07, 6.45) is 1.09. The summed E-state index contributed by atoms with van der Waals surface area (Å²) in [6.45, 7) is 0. The Hall–Kier alpha value is -1.81. The summed E-state index contributed by atoms with van der Waals surface area (Å²) in [7, 11) is 0. The van der Waals surface area contributed by atoms with Gasteiger partial charge in [0.15, 0.2) is 17.8 Å². The SMILES string of the molecule is O=C(O)c1ncoc1-c1ccccc1Cl. The molecule has 0 spiro atoms. The number of aromatic carboxylic acids is 1. The first-order valence-corrected chi connectivity index (χ1v) is 4.49. The van der Waals surface area contributed by atoms with E-state index in [1.807, 2.05) is 0 Å². The predicted molar refractivity (Wildman–Crippen MR) is 53.9 cm³/mol. The van der Waals surface area contributed by atoms with Crippen molar-refractivity contribution in [3.05, 3.63) is 41.4 Å². The lowest BCUT2D eigenvalue weighted by Crippen LogP contribution is -1.98. The van der Waals surface area contributed by atoms with E-state index in [9.17, 15) is 4.79 Å². The van der Waals surface area contributed by atoms with Crippen LogP contribution in [0.5, 0.6) is 0 Å². The summed E-state index contributed by atoms with van der Waals surface area (Å²) in [4.78, 5) is 14.4. The number of carboxylic acid groups (broad SMARTS) is 1. The van der Waals surface area contributed by atoms with Crippen molar-refractivity contribution in [3.63, 3.8) is 0 Å². The maximum atomic E-state index is 10.8. The second-order valence-corrected chi connectivity index (χ2v) is 3.22. The van der Waals surface area contributed by atoms with Gasteiger partial charge < -0.3 is 9.52 Å². The van der Waals surface area contributed by atoms with Crippen molar-refractivity contribution in [1.29, 1.82) is 0 Å². The molecule has 0 aliphatic rings. The lowest BCUT2D eigenvalue weighted by Gasteiger charge is -1.99. The maximum Gasteiger partial charge on any atom is 0.358 e. The summed E-state index contributed by atoms with van der Waals surface area (Å²) >= 11 is 5.91. The average molecular weight is 224 g/mol. The topological polar surface area (TPSA) is 63.3 Å². The Kier molecular flexibility index (Phi) is 2.43. The number of aromatic nitrogens is 1. The first-order valence-electron chi connectivity index (χ1n) is 4.12. The van der Waals surface area contributed by atoms with Gasteiger partial charge in [0.2, 0.25) is 0 Å². The van der Waals surface area contributed by atoms with Gasteiger partial charge in [-0.1, -0.05) is 23.7 Å². The number of rotatable bonds is 2. The Morgan fingerprint density at radius 2 is 2.13 bits per heavy atom. The highest BCUT2D eigenvalue weighted by Gasteiger charge is 2.18. The molecular weight excluding hydrogens is 218 g/mol. The van der Waals surface area contributed by atoms with Crippen LogP contribution >= 0.6 is 11.6 Å². The number of benzene rings is 1. The Balaban J connectivity index is 2.59. The maximum absolute atomic E-state index is 10.8. The highest BCUT2D eigenvalue weighted by Crippen LogP contribution is 2.29. The van der Waals surface area contributed by atoms with Crippen LogP contribution in [0, 0.1) is 0 Å². The minimum Gasteiger partial charge on any atom is -0.476 e. The minimum absolute atomic E-state index is 0.136. The highest BCUT2D eigenvalue weighted by atomic mass is 35.5. The summed E-state index contributed by atoms with van der Waals surface area (Å²) in [5.74, 6) is -0.966. The quantitative estimate of drug-likeness (QED) is 0.850. The zero-order valence-corrected chi connectivity index (χ0v) is 8.23. The van der Waals surface area contributed by atoms with Gasteiger partial charge in [-0.15, -0.1) is 0 Å². The molecule has 15 heavy (non-hydrogen) atoms. The Morgan fingerprint density at radius 1 is 1.40 bits per heavy atom. The van der Waals surface area contributed by atoms with Crippen molar-refractivity contribution in [3.8, 4) is 11.3 Å². The van der Waals surface area contributed by atoms with Crippen molar-refractivity contribution >= 4 is 17.6 Å². The molecule has 0 fully saturated rings. The molecule has 0 unspecified atom stereocenters. The fraction of sp³-hybridized carbons (Fsp3) is 0. The number of halogens is 1. The largest absolute Gasteiger partial charge is 0.476 e. The van der Waals surface area contributed by atoms with Gasteiger partial charge in [0.05, 0.1) is 5.02 Å². The van der Waals surface area contributed by atoms with E-state index < -0.39 is 5.97 Å². The fourth-order valence-electron chi connectivity index (χ4n) is 1.23. The number of hydrogen-bond acceptors (Lipinski definition) is 3. The zero-order valence-electron chi connectivity index (χ0n) is 7.48. The van der Waals surface area contributed by atoms with Crippen molar-refractivity contribution < 1.29 is 14.3 Å². The van der Waals surface area contributed by atoms with E-state index >= 15 is 0 Å². The third kappa shape index (κ3) is 1.71. The molecule has 1 aromatic carbocycles. The van der Waals surface area contributed by atoms with Crippen LogP contribution in [0.25, 0.3) is 11.3 Å². The lowest BCUT2D eigenvalue weighted by molar-refractivity contribution is 0.0691. The zero-order chi connectivity index (χ0) is 10.8. The Bertz CT molecular complexity index is 507. The third-order valence-corrected chi connectivity index (χ3v) is 2.22. The first kappa shape index (κ1) is 9.73. The van der Waals surface area contributed by atoms with Crippen LogP contribution in [0.3, 0.4) is 0 Å². The van der Waals surface area contributed by atoms with Crippen molar-refractivity contribution in [2.45, 2.75) is 0 Å². The molecule has 0 saturated carbocycles. The molecule has 76 valence electrons. The van der Waals surface area contributed by atoms with Gasteiger partial charge in [0.1, 0.15) is 0 Å². The van der Waals surface area contributed by atoms with E-state index in [0.717, 1.165) is 6.39 Å². The molecule has 0 aliphatic heterocycles. The molecule has 0 amide bonds. The number of carbonyl (C=O) groups is 1. The van der Waals surface area contributed by atoms with Crippen LogP contribution in [-0.4, -0.2) is 16.1 Å². The molecule has 0 saturated heterocycles. The lowest BCUT2D eigenvalue weighted by atomic mass is 10.1. The van der Waals surface area contributed by atoms with E-state index in [2.05, 4.69) is 4.98 Å². The fourth-order valence-corrected chi connectivity index (χ4v) is 1.46. The van der Waals surface area contributed by atoms with Crippen LogP contribution < -0.4 is 0 Å². The molecule has 2 rings (SSSR count). The Labute approximate surface area is 90.1 Å². The molecule has 5 heteroatoms. The van der Waals surface area contributed by atoms with Gasteiger partial charge in [-0.25, -0.2) is 9.78 Å². The molecule has 0 atom stereocenters. The molecular formula is C10H6ClNO3. The van der Waals surface area contributed by atoms with E-state index in [1.165, 1.54) is 0 Å². The second kappa shape index (κ2) is 3.74. The molecule has 1 heterocycles. The van der Waals surface area contributed by atoms with Gasteiger partial charge in [0.25, 0.3) is 0 Å². The molecule has 2 aromatic rings. The van der Waals surface area contributed by atoms with Crippen molar-refractivity contribution in [2.75, 3.05) is 0 Å². The van der Waals surface area contributed by atoms with Crippen molar-refractivity contribution in [2.24, 2.45) is 0 Å². The standard InChI is InChI=1S/C10H6ClNO3/c11-7-4-2-1-3-6(7)9-8(10(13)14)12-5-15-9/h1-5H,(H,13,14). The normalized spacial score (nSPS) is 10.2. The predicted octanol–water partition coefficient (Wildman–Crippen LogP) is 2.69. The van der Waals surface area contributed by atoms with Crippen LogP contribution in [-0.2, 0) is 0 Å². The van der Waals surface area contributed by atoms with E-state index in [0.29, 0.717) is 10.6 Å². The van der Waals surface area contributed by atoms with Crippen LogP contribution in [0.1, 0.15) is 10.5 Å². The summed E-state index contributed by atoms with van der Waals surface area (Å²) in [6, 6.07) is 6.83. The second-order valence-electron chi connectivity index (χ2n) is 2.82. The van der Waals surface area contributed by atoms with Crippen molar-refractivity contribution in [1.82, 2.24) is 4.98 Å². The van der Waals surface area contributed by atoms with E-state index in [1.54, 1.807) is 24.3 Å². The summed E-state index contributed by atoms with van der Waals surface area (Å²) in [5, 5.41) is 9.27. The number of nitrogens with zero attached hydrogens (tertiary/aromatic N) is 1. The third-order valence-electron chi connectivity index (χ3n) is 1.89. The Morgan fingerprint density at radius 3 is 2.80 bits per heavy atom. The summed E-state index contributed by atoms with van der Waals surface area (Å²) < 4.78 is 5.02. The van der Waals surface area contributed by atoms with E-state index in [-0.39, 0.29) is 11.5 Å².